The summed E-state index contributed by atoms with van der Waals surface area (Å²) in [5, 5.41) is 13.4. The van der Waals surface area contributed by atoms with E-state index in [1.807, 2.05) is 21.7 Å². The van der Waals surface area contributed by atoms with Gasteiger partial charge in [0.2, 0.25) is 0 Å². The van der Waals surface area contributed by atoms with E-state index in [4.69, 9.17) is 4.74 Å². The van der Waals surface area contributed by atoms with Crippen LogP contribution in [-0.4, -0.2) is 35.7 Å². The molecule has 1 fully saturated rings. The summed E-state index contributed by atoms with van der Waals surface area (Å²) in [6, 6.07) is 5.46. The van der Waals surface area contributed by atoms with Crippen molar-refractivity contribution in [1.29, 1.82) is 0 Å². The first-order chi connectivity index (χ1) is 11.1. The van der Waals surface area contributed by atoms with Crippen LogP contribution < -0.4 is 4.74 Å². The Morgan fingerprint density at radius 3 is 2.96 bits per heavy atom. The molecule has 1 aliphatic rings. The molecule has 2 atom stereocenters. The SMILES string of the molecule is COc1ccc(F)cc1C(c1ccsc1)N1CCCC1C(=O)O. The van der Waals surface area contributed by atoms with Crippen molar-refractivity contribution in [2.45, 2.75) is 24.9 Å². The number of nitrogens with zero attached hydrogens (tertiary/aromatic N) is 1. The highest BCUT2D eigenvalue weighted by molar-refractivity contribution is 7.08. The molecule has 0 amide bonds. The zero-order chi connectivity index (χ0) is 16.4. The number of thiophene rings is 1. The minimum atomic E-state index is -0.835. The zero-order valence-electron chi connectivity index (χ0n) is 12.7. The molecule has 0 aliphatic carbocycles. The lowest BCUT2D eigenvalue weighted by atomic mass is 9.97. The zero-order valence-corrected chi connectivity index (χ0v) is 13.6. The van der Waals surface area contributed by atoms with E-state index >= 15 is 0 Å². The predicted octanol–water partition coefficient (Wildman–Crippen LogP) is 3.53. The third-order valence-electron chi connectivity index (χ3n) is 4.26. The second-order valence-corrected chi connectivity index (χ2v) is 6.36. The molecule has 122 valence electrons. The Hall–Kier alpha value is -1.92. The van der Waals surface area contributed by atoms with Crippen LogP contribution in [-0.2, 0) is 4.79 Å². The van der Waals surface area contributed by atoms with Crippen molar-refractivity contribution in [2.75, 3.05) is 13.7 Å². The molecule has 6 heteroatoms. The average Bonchev–Trinajstić information content (AvgIpc) is 3.20. The lowest BCUT2D eigenvalue weighted by molar-refractivity contribution is -0.142. The Kier molecular flexibility index (Phi) is 4.63. The van der Waals surface area contributed by atoms with Gasteiger partial charge in [0.15, 0.2) is 0 Å². The number of likely N-dealkylation sites (tertiary alicyclic amines) is 1. The Bertz CT molecular complexity index is 689. The van der Waals surface area contributed by atoms with Crippen LogP contribution in [0.1, 0.15) is 30.0 Å². The molecule has 0 radical (unpaired) electrons. The van der Waals surface area contributed by atoms with Crippen molar-refractivity contribution in [2.24, 2.45) is 0 Å². The molecule has 1 aromatic carbocycles. The fourth-order valence-corrected chi connectivity index (χ4v) is 3.94. The summed E-state index contributed by atoms with van der Waals surface area (Å²) < 4.78 is 19.2. The molecular weight excluding hydrogens is 317 g/mol. The van der Waals surface area contributed by atoms with Crippen molar-refractivity contribution >= 4 is 17.3 Å². The van der Waals surface area contributed by atoms with Crippen LogP contribution in [0.25, 0.3) is 0 Å². The van der Waals surface area contributed by atoms with Gasteiger partial charge in [0.25, 0.3) is 0 Å². The minimum Gasteiger partial charge on any atom is -0.496 e. The number of aliphatic carboxylic acids is 1. The number of halogens is 1. The van der Waals surface area contributed by atoms with Crippen molar-refractivity contribution < 1.29 is 19.0 Å². The molecule has 0 saturated carbocycles. The van der Waals surface area contributed by atoms with Crippen molar-refractivity contribution in [3.8, 4) is 5.75 Å². The summed E-state index contributed by atoms with van der Waals surface area (Å²) >= 11 is 1.54. The van der Waals surface area contributed by atoms with Gasteiger partial charge in [-0.1, -0.05) is 0 Å². The lowest BCUT2D eigenvalue weighted by Gasteiger charge is -2.32. The van der Waals surface area contributed by atoms with Gasteiger partial charge in [-0.2, -0.15) is 11.3 Å². The Morgan fingerprint density at radius 2 is 2.30 bits per heavy atom. The van der Waals surface area contributed by atoms with E-state index < -0.39 is 12.0 Å². The molecule has 2 unspecified atom stereocenters. The minimum absolute atomic E-state index is 0.324. The Balaban J connectivity index is 2.10. The second-order valence-electron chi connectivity index (χ2n) is 5.58. The van der Waals surface area contributed by atoms with Crippen LogP contribution in [0.3, 0.4) is 0 Å². The highest BCUT2D eigenvalue weighted by Crippen LogP contribution is 2.39. The molecule has 3 rings (SSSR count). The molecular formula is C17H18FNO3S. The summed E-state index contributed by atoms with van der Waals surface area (Å²) in [5.74, 6) is -0.621. The van der Waals surface area contributed by atoms with Crippen LogP contribution in [0.5, 0.6) is 5.75 Å². The third kappa shape index (κ3) is 3.09. The molecule has 2 aromatic rings. The maximum atomic E-state index is 13.8. The number of carboxylic acid groups (broad SMARTS) is 1. The van der Waals surface area contributed by atoms with Crippen LogP contribution in [0.15, 0.2) is 35.0 Å². The molecule has 23 heavy (non-hydrogen) atoms. The average molecular weight is 335 g/mol. The third-order valence-corrected chi connectivity index (χ3v) is 4.96. The van der Waals surface area contributed by atoms with Crippen LogP contribution >= 0.6 is 11.3 Å². The van der Waals surface area contributed by atoms with Crippen LogP contribution in [0, 0.1) is 5.82 Å². The fraction of sp³-hybridized carbons (Fsp3) is 0.353. The summed E-state index contributed by atoms with van der Waals surface area (Å²) in [6.07, 6.45) is 1.42. The summed E-state index contributed by atoms with van der Waals surface area (Å²) in [4.78, 5) is 13.5. The molecule has 1 aromatic heterocycles. The maximum Gasteiger partial charge on any atom is 0.320 e. The number of ether oxygens (including phenoxy) is 1. The quantitative estimate of drug-likeness (QED) is 0.908. The summed E-state index contributed by atoms with van der Waals surface area (Å²) in [7, 11) is 1.54. The summed E-state index contributed by atoms with van der Waals surface area (Å²) in [6.45, 7) is 0.664. The van der Waals surface area contributed by atoms with E-state index in [1.165, 1.54) is 23.5 Å². The number of hydrogen-bond donors (Lipinski definition) is 1. The van der Waals surface area contributed by atoms with Gasteiger partial charge in [0, 0.05) is 12.1 Å². The smallest absolute Gasteiger partial charge is 0.320 e. The molecule has 2 heterocycles. The molecule has 0 spiro atoms. The number of hydrogen-bond acceptors (Lipinski definition) is 4. The van der Waals surface area contributed by atoms with Crippen molar-refractivity contribution in [3.05, 3.63) is 52.0 Å². The number of methoxy groups -OCH3 is 1. The number of rotatable bonds is 5. The van der Waals surface area contributed by atoms with Gasteiger partial charge in [-0.05, 0) is 53.4 Å². The van der Waals surface area contributed by atoms with E-state index in [-0.39, 0.29) is 11.9 Å². The molecule has 1 aliphatic heterocycles. The number of benzene rings is 1. The van der Waals surface area contributed by atoms with Gasteiger partial charge in [0.05, 0.1) is 13.2 Å². The number of carbonyl (C=O) groups is 1. The first-order valence-electron chi connectivity index (χ1n) is 7.46. The molecule has 4 nitrogen and oxygen atoms in total. The number of carboxylic acids is 1. The Morgan fingerprint density at radius 1 is 1.48 bits per heavy atom. The van der Waals surface area contributed by atoms with E-state index in [0.29, 0.717) is 24.3 Å². The highest BCUT2D eigenvalue weighted by Gasteiger charge is 2.38. The first-order valence-corrected chi connectivity index (χ1v) is 8.40. The Labute approximate surface area is 138 Å². The topological polar surface area (TPSA) is 49.8 Å². The molecule has 1 saturated heterocycles. The molecule has 0 bridgehead atoms. The van der Waals surface area contributed by atoms with Gasteiger partial charge in [-0.25, -0.2) is 4.39 Å². The van der Waals surface area contributed by atoms with Crippen LogP contribution in [0.2, 0.25) is 0 Å². The van der Waals surface area contributed by atoms with Gasteiger partial charge in [-0.3, -0.25) is 9.69 Å². The van der Waals surface area contributed by atoms with E-state index in [2.05, 4.69) is 0 Å². The standard InChI is InChI=1S/C17H18FNO3S/c1-22-15-5-4-12(18)9-13(15)16(11-6-8-23-10-11)19-7-2-3-14(19)17(20)21/h4-6,8-10,14,16H,2-3,7H2,1H3,(H,20,21). The summed E-state index contributed by atoms with van der Waals surface area (Å²) in [5.41, 5.74) is 1.63. The van der Waals surface area contributed by atoms with Crippen LogP contribution in [0.4, 0.5) is 4.39 Å². The van der Waals surface area contributed by atoms with Gasteiger partial charge < -0.3 is 9.84 Å². The first kappa shape index (κ1) is 16.0. The monoisotopic (exact) mass is 335 g/mol. The van der Waals surface area contributed by atoms with Crippen molar-refractivity contribution in [1.82, 2.24) is 4.90 Å². The van der Waals surface area contributed by atoms with Gasteiger partial charge >= 0.3 is 5.97 Å². The lowest BCUT2D eigenvalue weighted by Crippen LogP contribution is -2.39. The van der Waals surface area contributed by atoms with Gasteiger partial charge in [-0.15, -0.1) is 0 Å². The second kappa shape index (κ2) is 6.68. The molecule has 1 N–H and O–H groups in total. The predicted molar refractivity (Wildman–Crippen MR) is 86.5 cm³/mol. The van der Waals surface area contributed by atoms with E-state index in [9.17, 15) is 14.3 Å². The normalized spacial score (nSPS) is 19.7. The fourth-order valence-electron chi connectivity index (χ4n) is 3.26. The van der Waals surface area contributed by atoms with E-state index in [0.717, 1.165) is 12.0 Å². The van der Waals surface area contributed by atoms with Gasteiger partial charge in [0.1, 0.15) is 17.6 Å². The largest absolute Gasteiger partial charge is 0.496 e. The maximum absolute atomic E-state index is 13.8. The van der Waals surface area contributed by atoms with E-state index in [1.54, 1.807) is 13.2 Å². The van der Waals surface area contributed by atoms with Crippen molar-refractivity contribution in [3.63, 3.8) is 0 Å². The highest BCUT2D eigenvalue weighted by atomic mass is 32.1.